The Balaban J connectivity index is 1.88. The average molecular weight is 369 g/mol. The van der Waals surface area contributed by atoms with E-state index in [0.29, 0.717) is 5.56 Å². The van der Waals surface area contributed by atoms with Crippen molar-refractivity contribution in [2.24, 2.45) is 0 Å². The van der Waals surface area contributed by atoms with E-state index < -0.39 is 11.7 Å². The molecule has 2 aromatic rings. The molecule has 0 aromatic heterocycles. The fourth-order valence-electron chi connectivity index (χ4n) is 2.16. The maximum atomic E-state index is 12.6. The minimum absolute atomic E-state index is 0.0777. The molecule has 1 amide bonds. The largest absolute Gasteiger partial charge is 0.492 e. The second-order valence-electron chi connectivity index (χ2n) is 5.31. The van der Waals surface area contributed by atoms with Crippen molar-refractivity contribution in [2.45, 2.75) is 18.0 Å². The van der Waals surface area contributed by atoms with Gasteiger partial charge in [0.15, 0.2) is 0 Å². The summed E-state index contributed by atoms with van der Waals surface area (Å²) >= 11 is 1.54. The topological polar surface area (TPSA) is 38.3 Å². The molecule has 3 nitrogen and oxygen atoms in total. The van der Waals surface area contributed by atoms with E-state index in [4.69, 9.17) is 4.74 Å². The number of carbonyl (C=O) groups is 1. The number of carbonyl (C=O) groups excluding carboxylic acids is 1. The van der Waals surface area contributed by atoms with E-state index in [2.05, 4.69) is 5.32 Å². The molecule has 0 bridgehead atoms. The first-order valence-corrected chi connectivity index (χ1v) is 8.76. The Morgan fingerprint density at radius 3 is 2.64 bits per heavy atom. The smallest absolute Gasteiger partial charge is 0.416 e. The minimum Gasteiger partial charge on any atom is -0.492 e. The van der Waals surface area contributed by atoms with Crippen molar-refractivity contribution in [3.05, 3.63) is 59.2 Å². The standard InChI is InChI=1S/C18H18F3NO2S/c1-12-6-7-15(25-2)11-16(12)17(23)22-8-9-24-14-5-3-4-13(10-14)18(19,20)21/h3-7,10-11H,8-9H2,1-2H3,(H,22,23). The summed E-state index contributed by atoms with van der Waals surface area (Å²) in [4.78, 5) is 13.2. The summed E-state index contributed by atoms with van der Waals surface area (Å²) in [6.45, 7) is 2.12. The second-order valence-corrected chi connectivity index (χ2v) is 6.19. The molecule has 0 radical (unpaired) electrons. The molecule has 25 heavy (non-hydrogen) atoms. The van der Waals surface area contributed by atoms with Gasteiger partial charge in [0, 0.05) is 10.5 Å². The molecule has 0 saturated heterocycles. The van der Waals surface area contributed by atoms with Gasteiger partial charge in [0.2, 0.25) is 0 Å². The van der Waals surface area contributed by atoms with E-state index in [9.17, 15) is 18.0 Å². The number of benzene rings is 2. The number of ether oxygens (including phenoxy) is 1. The first-order valence-electron chi connectivity index (χ1n) is 7.54. The van der Waals surface area contributed by atoms with Crippen molar-refractivity contribution >= 4 is 17.7 Å². The van der Waals surface area contributed by atoms with Crippen LogP contribution in [-0.4, -0.2) is 25.3 Å². The number of nitrogens with one attached hydrogen (secondary N) is 1. The molecular weight excluding hydrogens is 351 g/mol. The predicted molar refractivity (Wildman–Crippen MR) is 92.2 cm³/mol. The third-order valence-electron chi connectivity index (χ3n) is 3.51. The Hall–Kier alpha value is -2.15. The normalized spacial score (nSPS) is 11.2. The van der Waals surface area contributed by atoms with Crippen LogP contribution in [0.1, 0.15) is 21.5 Å². The van der Waals surface area contributed by atoms with E-state index in [1.807, 2.05) is 31.4 Å². The van der Waals surface area contributed by atoms with Crippen LogP contribution in [-0.2, 0) is 6.18 Å². The van der Waals surface area contributed by atoms with Gasteiger partial charge in [-0.3, -0.25) is 4.79 Å². The Morgan fingerprint density at radius 1 is 1.20 bits per heavy atom. The SMILES string of the molecule is CSc1ccc(C)c(C(=O)NCCOc2cccc(C(F)(F)F)c2)c1. The van der Waals surface area contributed by atoms with Gasteiger partial charge < -0.3 is 10.1 Å². The molecule has 0 spiro atoms. The lowest BCUT2D eigenvalue weighted by Gasteiger charge is -2.11. The third-order valence-corrected chi connectivity index (χ3v) is 4.23. The van der Waals surface area contributed by atoms with Crippen LogP contribution in [0, 0.1) is 6.92 Å². The molecule has 0 aliphatic heterocycles. The van der Waals surface area contributed by atoms with Gasteiger partial charge in [-0.1, -0.05) is 12.1 Å². The van der Waals surface area contributed by atoms with Crippen molar-refractivity contribution in [3.8, 4) is 5.75 Å². The van der Waals surface area contributed by atoms with Crippen LogP contribution >= 0.6 is 11.8 Å². The highest BCUT2D eigenvalue weighted by atomic mass is 32.2. The van der Waals surface area contributed by atoms with Crippen molar-refractivity contribution in [3.63, 3.8) is 0 Å². The summed E-state index contributed by atoms with van der Waals surface area (Å²) in [7, 11) is 0. The van der Waals surface area contributed by atoms with E-state index >= 15 is 0 Å². The number of thioether (sulfide) groups is 1. The van der Waals surface area contributed by atoms with Crippen LogP contribution in [0.3, 0.4) is 0 Å². The van der Waals surface area contributed by atoms with Gasteiger partial charge in [-0.05, 0) is 49.1 Å². The molecule has 0 heterocycles. The summed E-state index contributed by atoms with van der Waals surface area (Å²) in [5.74, 6) is -0.120. The van der Waals surface area contributed by atoms with Gasteiger partial charge >= 0.3 is 6.18 Å². The molecule has 2 rings (SSSR count). The lowest BCUT2D eigenvalue weighted by atomic mass is 10.1. The zero-order valence-corrected chi connectivity index (χ0v) is 14.6. The molecule has 0 atom stereocenters. The lowest BCUT2D eigenvalue weighted by Crippen LogP contribution is -2.28. The van der Waals surface area contributed by atoms with Gasteiger partial charge in [0.25, 0.3) is 5.91 Å². The highest BCUT2D eigenvalue weighted by molar-refractivity contribution is 7.98. The highest BCUT2D eigenvalue weighted by Gasteiger charge is 2.30. The highest BCUT2D eigenvalue weighted by Crippen LogP contribution is 2.31. The number of halogens is 3. The van der Waals surface area contributed by atoms with Gasteiger partial charge in [0.05, 0.1) is 12.1 Å². The Bertz CT molecular complexity index is 747. The predicted octanol–water partition coefficient (Wildman–Crippen LogP) is 4.54. The zero-order valence-electron chi connectivity index (χ0n) is 13.8. The van der Waals surface area contributed by atoms with Crippen molar-refractivity contribution in [1.29, 1.82) is 0 Å². The molecule has 134 valence electrons. The summed E-state index contributed by atoms with van der Waals surface area (Å²) in [5.41, 5.74) is 0.665. The number of rotatable bonds is 6. The van der Waals surface area contributed by atoms with Gasteiger partial charge in [0.1, 0.15) is 12.4 Å². The fourth-order valence-corrected chi connectivity index (χ4v) is 2.60. The van der Waals surface area contributed by atoms with Crippen LogP contribution in [0.2, 0.25) is 0 Å². The van der Waals surface area contributed by atoms with Crippen LogP contribution < -0.4 is 10.1 Å². The number of amides is 1. The molecule has 1 N–H and O–H groups in total. The first kappa shape index (κ1) is 19.2. The second kappa shape index (κ2) is 8.29. The summed E-state index contributed by atoms with van der Waals surface area (Å²) < 4.78 is 43.2. The Morgan fingerprint density at radius 2 is 1.96 bits per heavy atom. The molecular formula is C18H18F3NO2S. The Labute approximate surface area is 148 Å². The van der Waals surface area contributed by atoms with Crippen LogP contribution in [0.4, 0.5) is 13.2 Å². The molecule has 7 heteroatoms. The van der Waals surface area contributed by atoms with Gasteiger partial charge in [-0.15, -0.1) is 11.8 Å². The maximum Gasteiger partial charge on any atom is 0.416 e. The minimum atomic E-state index is -4.41. The van der Waals surface area contributed by atoms with Crippen LogP contribution in [0.5, 0.6) is 5.75 Å². The molecule has 0 aliphatic rings. The summed E-state index contributed by atoms with van der Waals surface area (Å²) in [5, 5.41) is 2.71. The molecule has 0 aliphatic carbocycles. The monoisotopic (exact) mass is 369 g/mol. The molecule has 0 unspecified atom stereocenters. The third kappa shape index (κ3) is 5.42. The zero-order chi connectivity index (χ0) is 18.4. The molecule has 0 saturated carbocycles. The number of hydrogen-bond acceptors (Lipinski definition) is 3. The van der Waals surface area contributed by atoms with Crippen molar-refractivity contribution in [2.75, 3.05) is 19.4 Å². The van der Waals surface area contributed by atoms with E-state index in [1.54, 1.807) is 11.8 Å². The Kier molecular flexibility index (Phi) is 6.36. The van der Waals surface area contributed by atoms with Gasteiger partial charge in [-0.2, -0.15) is 13.2 Å². The van der Waals surface area contributed by atoms with Crippen LogP contribution in [0.15, 0.2) is 47.4 Å². The summed E-state index contributed by atoms with van der Waals surface area (Å²) in [6, 6.07) is 10.3. The van der Waals surface area contributed by atoms with E-state index in [-0.39, 0.29) is 24.8 Å². The van der Waals surface area contributed by atoms with E-state index in [1.165, 1.54) is 12.1 Å². The number of hydrogen-bond donors (Lipinski definition) is 1. The maximum absolute atomic E-state index is 12.6. The first-order chi connectivity index (χ1) is 11.8. The van der Waals surface area contributed by atoms with Crippen LogP contribution in [0.25, 0.3) is 0 Å². The lowest BCUT2D eigenvalue weighted by molar-refractivity contribution is -0.137. The summed E-state index contributed by atoms with van der Waals surface area (Å²) in [6.07, 6.45) is -2.48. The van der Waals surface area contributed by atoms with Crippen molar-refractivity contribution in [1.82, 2.24) is 5.32 Å². The molecule has 2 aromatic carbocycles. The quantitative estimate of drug-likeness (QED) is 0.600. The molecule has 0 fully saturated rings. The fraction of sp³-hybridized carbons (Fsp3) is 0.278. The number of aryl methyl sites for hydroxylation is 1. The van der Waals surface area contributed by atoms with Gasteiger partial charge in [-0.25, -0.2) is 0 Å². The average Bonchev–Trinajstić information content (AvgIpc) is 2.58. The number of alkyl halides is 3. The van der Waals surface area contributed by atoms with Crippen molar-refractivity contribution < 1.29 is 22.7 Å². The van der Waals surface area contributed by atoms with E-state index in [0.717, 1.165) is 22.6 Å².